The summed E-state index contributed by atoms with van der Waals surface area (Å²) in [5, 5.41) is 0. The highest BCUT2D eigenvalue weighted by atomic mass is 32.2. The third-order valence-corrected chi connectivity index (χ3v) is 8.16. The van der Waals surface area contributed by atoms with E-state index in [1.165, 1.54) is 16.7 Å². The Kier molecular flexibility index (Phi) is 6.45. The number of rotatable bonds is 5. The zero-order chi connectivity index (χ0) is 21.2. The minimum Gasteiger partial charge on any atom is -0.207 e. The summed E-state index contributed by atoms with van der Waals surface area (Å²) in [5.41, 5.74) is 6.80. The van der Waals surface area contributed by atoms with Crippen molar-refractivity contribution in [1.82, 2.24) is 4.31 Å². The Bertz CT molecular complexity index is 1020. The van der Waals surface area contributed by atoms with Gasteiger partial charge in [-0.15, -0.1) is 0 Å². The van der Waals surface area contributed by atoms with Gasteiger partial charge in [-0.25, -0.2) is 8.42 Å². The predicted octanol–water partition coefficient (Wildman–Crippen LogP) is 5.93. The Morgan fingerprint density at radius 1 is 0.966 bits per heavy atom. The summed E-state index contributed by atoms with van der Waals surface area (Å²) in [6, 6.07) is 15.9. The molecule has 3 nitrogen and oxygen atoms in total. The molecule has 1 fully saturated rings. The lowest BCUT2D eigenvalue weighted by Gasteiger charge is -2.32. The molecule has 0 radical (unpaired) electrons. The molecule has 2 aromatic carbocycles. The topological polar surface area (TPSA) is 37.4 Å². The van der Waals surface area contributed by atoms with Gasteiger partial charge in [-0.3, -0.25) is 0 Å². The van der Waals surface area contributed by atoms with Crippen LogP contribution in [0.15, 0.2) is 71.2 Å². The first kappa shape index (κ1) is 21.5. The van der Waals surface area contributed by atoms with Gasteiger partial charge in [0.2, 0.25) is 10.0 Å². The lowest BCUT2D eigenvalue weighted by molar-refractivity contribution is 0.319. The normalized spacial score (nSPS) is 15.9. The van der Waals surface area contributed by atoms with Gasteiger partial charge in [0.1, 0.15) is 0 Å². The largest absolute Gasteiger partial charge is 0.243 e. The van der Waals surface area contributed by atoms with E-state index in [4.69, 9.17) is 0 Å². The van der Waals surface area contributed by atoms with Gasteiger partial charge in [-0.2, -0.15) is 4.31 Å². The molecule has 0 atom stereocenters. The third-order valence-electron chi connectivity index (χ3n) is 6.10. The van der Waals surface area contributed by atoms with E-state index in [-0.39, 0.29) is 0 Å². The van der Waals surface area contributed by atoms with Crippen LogP contribution in [0.4, 0.5) is 0 Å². The van der Waals surface area contributed by atoms with Crippen LogP contribution in [0.3, 0.4) is 0 Å². The maximum Gasteiger partial charge on any atom is 0.243 e. The van der Waals surface area contributed by atoms with E-state index in [1.54, 1.807) is 16.4 Å². The smallest absolute Gasteiger partial charge is 0.207 e. The van der Waals surface area contributed by atoms with Gasteiger partial charge in [0.25, 0.3) is 0 Å². The first-order valence-electron chi connectivity index (χ1n) is 10.2. The molecule has 2 aromatic rings. The van der Waals surface area contributed by atoms with Gasteiger partial charge >= 0.3 is 0 Å². The Morgan fingerprint density at radius 2 is 1.55 bits per heavy atom. The van der Waals surface area contributed by atoms with Crippen LogP contribution < -0.4 is 0 Å². The standard InChI is InChI=1S/C25H31NO2S/c1-18(2)20(4)21(5)22-10-12-23(13-11-22)24-14-16-26(17-15-24)29(27,28)25-9-7-6-8-19(25)3/h6-13,24H,5,14-17H2,1-4H3. The molecule has 4 heteroatoms. The molecule has 0 aromatic heterocycles. The maximum absolute atomic E-state index is 13.0. The molecule has 0 unspecified atom stereocenters. The van der Waals surface area contributed by atoms with E-state index in [0.717, 1.165) is 29.5 Å². The van der Waals surface area contributed by atoms with Crippen molar-refractivity contribution in [1.29, 1.82) is 0 Å². The monoisotopic (exact) mass is 409 g/mol. The van der Waals surface area contributed by atoms with Gasteiger partial charge in [0.05, 0.1) is 4.90 Å². The molecule has 3 rings (SSSR count). The third kappa shape index (κ3) is 4.54. The van der Waals surface area contributed by atoms with E-state index in [2.05, 4.69) is 51.6 Å². The molecule has 0 N–H and O–H groups in total. The quantitative estimate of drug-likeness (QED) is 0.574. The SMILES string of the molecule is C=C(C(C)=C(C)C)c1ccc(C2CCN(S(=O)(=O)c3ccccc3C)CC2)cc1. The van der Waals surface area contributed by atoms with Crippen LogP contribution in [0.5, 0.6) is 0 Å². The van der Waals surface area contributed by atoms with Crippen molar-refractivity contribution in [3.05, 3.63) is 82.9 Å². The minimum absolute atomic E-state index is 0.394. The second-order valence-corrected chi connectivity index (χ2v) is 10.1. The number of sulfonamides is 1. The molecule has 0 bridgehead atoms. The molecular weight excluding hydrogens is 378 g/mol. The summed E-state index contributed by atoms with van der Waals surface area (Å²) >= 11 is 0. The molecular formula is C25H31NO2S. The van der Waals surface area contributed by atoms with Crippen LogP contribution in [0.2, 0.25) is 0 Å². The van der Waals surface area contributed by atoms with E-state index >= 15 is 0 Å². The van der Waals surface area contributed by atoms with Gasteiger partial charge in [0, 0.05) is 13.1 Å². The number of allylic oxidation sites excluding steroid dienone is 3. The van der Waals surface area contributed by atoms with E-state index in [1.807, 2.05) is 19.1 Å². The van der Waals surface area contributed by atoms with Crippen molar-refractivity contribution >= 4 is 15.6 Å². The van der Waals surface area contributed by atoms with E-state index in [9.17, 15) is 8.42 Å². The van der Waals surface area contributed by atoms with Crippen LogP contribution in [0.1, 0.15) is 56.2 Å². The lowest BCUT2D eigenvalue weighted by atomic mass is 9.88. The van der Waals surface area contributed by atoms with Gasteiger partial charge < -0.3 is 0 Å². The second-order valence-electron chi connectivity index (χ2n) is 8.17. The molecule has 0 saturated carbocycles. The molecule has 1 heterocycles. The number of benzene rings is 2. The zero-order valence-corrected chi connectivity index (χ0v) is 18.7. The molecule has 29 heavy (non-hydrogen) atoms. The lowest BCUT2D eigenvalue weighted by Crippen LogP contribution is -2.38. The molecule has 0 amide bonds. The molecule has 1 aliphatic heterocycles. The summed E-state index contributed by atoms with van der Waals surface area (Å²) in [6.45, 7) is 13.5. The highest BCUT2D eigenvalue weighted by Crippen LogP contribution is 2.32. The van der Waals surface area contributed by atoms with Crippen molar-refractivity contribution in [2.75, 3.05) is 13.1 Å². The molecule has 1 aliphatic rings. The average Bonchev–Trinajstić information content (AvgIpc) is 2.73. The van der Waals surface area contributed by atoms with Crippen molar-refractivity contribution in [2.45, 2.75) is 51.3 Å². The first-order chi connectivity index (χ1) is 13.7. The zero-order valence-electron chi connectivity index (χ0n) is 17.9. The summed E-state index contributed by atoms with van der Waals surface area (Å²) in [4.78, 5) is 0.427. The van der Waals surface area contributed by atoms with Gasteiger partial charge in [-0.1, -0.05) is 54.6 Å². The highest BCUT2D eigenvalue weighted by molar-refractivity contribution is 7.89. The van der Waals surface area contributed by atoms with Crippen molar-refractivity contribution < 1.29 is 8.42 Å². The Morgan fingerprint density at radius 3 is 2.10 bits per heavy atom. The van der Waals surface area contributed by atoms with Crippen molar-refractivity contribution in [3.8, 4) is 0 Å². The summed E-state index contributed by atoms with van der Waals surface area (Å²) in [6.07, 6.45) is 1.69. The predicted molar refractivity (Wildman–Crippen MR) is 121 cm³/mol. The Labute approximate surface area is 175 Å². The number of nitrogens with zero attached hydrogens (tertiary/aromatic N) is 1. The Hall–Kier alpha value is -2.17. The van der Waals surface area contributed by atoms with E-state index in [0.29, 0.717) is 23.9 Å². The van der Waals surface area contributed by atoms with Crippen molar-refractivity contribution in [3.63, 3.8) is 0 Å². The number of aryl methyl sites for hydroxylation is 1. The number of hydrogen-bond donors (Lipinski definition) is 0. The molecule has 0 aliphatic carbocycles. The van der Waals surface area contributed by atoms with Crippen LogP contribution in [0.25, 0.3) is 5.57 Å². The number of hydrogen-bond acceptors (Lipinski definition) is 2. The fourth-order valence-electron chi connectivity index (χ4n) is 3.89. The number of piperidine rings is 1. The van der Waals surface area contributed by atoms with Crippen LogP contribution >= 0.6 is 0 Å². The summed E-state index contributed by atoms with van der Waals surface area (Å²) in [7, 11) is -3.42. The van der Waals surface area contributed by atoms with Crippen molar-refractivity contribution in [2.24, 2.45) is 0 Å². The fourth-order valence-corrected chi connectivity index (χ4v) is 5.58. The molecule has 1 saturated heterocycles. The van der Waals surface area contributed by atoms with Gasteiger partial charge in [-0.05, 0) is 80.4 Å². The molecule has 0 spiro atoms. The maximum atomic E-state index is 13.0. The van der Waals surface area contributed by atoms with Gasteiger partial charge in [0.15, 0.2) is 0 Å². The van der Waals surface area contributed by atoms with Crippen LogP contribution in [-0.4, -0.2) is 25.8 Å². The fraction of sp³-hybridized carbons (Fsp3) is 0.360. The van der Waals surface area contributed by atoms with Crippen LogP contribution in [-0.2, 0) is 10.0 Å². The second kappa shape index (κ2) is 8.68. The van der Waals surface area contributed by atoms with Crippen LogP contribution in [0, 0.1) is 6.92 Å². The highest BCUT2D eigenvalue weighted by Gasteiger charge is 2.30. The summed E-state index contributed by atoms with van der Waals surface area (Å²) < 4.78 is 27.6. The molecule has 154 valence electrons. The summed E-state index contributed by atoms with van der Waals surface area (Å²) in [5.74, 6) is 0.394. The Balaban J connectivity index is 1.69. The average molecular weight is 410 g/mol. The van der Waals surface area contributed by atoms with E-state index < -0.39 is 10.0 Å². The minimum atomic E-state index is -3.42. The first-order valence-corrected chi connectivity index (χ1v) is 11.6.